The molecule has 0 aliphatic carbocycles. The van der Waals surface area contributed by atoms with E-state index in [2.05, 4.69) is 0 Å². The van der Waals surface area contributed by atoms with E-state index in [1.165, 1.54) is 0 Å². The number of hydrogen-bond acceptors (Lipinski definition) is 5. The number of amides is 1. The van der Waals surface area contributed by atoms with Crippen LogP contribution in [0.4, 0.5) is 5.69 Å². The molecular formula is C23H22N2O5S. The van der Waals surface area contributed by atoms with Crippen molar-refractivity contribution in [2.75, 3.05) is 17.5 Å². The number of nitrogens with zero attached hydrogens (tertiary/aromatic N) is 1. The molecule has 1 amide bonds. The van der Waals surface area contributed by atoms with E-state index in [1.54, 1.807) is 18.2 Å². The van der Waals surface area contributed by atoms with Crippen molar-refractivity contribution in [1.29, 1.82) is 0 Å². The zero-order valence-electron chi connectivity index (χ0n) is 16.7. The molecule has 1 heterocycles. The summed E-state index contributed by atoms with van der Waals surface area (Å²) in [6.45, 7) is 0.415. The van der Waals surface area contributed by atoms with Crippen molar-refractivity contribution in [3.05, 3.63) is 90.0 Å². The summed E-state index contributed by atoms with van der Waals surface area (Å²) in [4.78, 5) is 11.7. The zero-order chi connectivity index (χ0) is 21.7. The van der Waals surface area contributed by atoms with Gasteiger partial charge in [-0.05, 0) is 23.3 Å². The van der Waals surface area contributed by atoms with Crippen molar-refractivity contribution >= 4 is 21.8 Å². The van der Waals surface area contributed by atoms with Gasteiger partial charge < -0.3 is 9.47 Å². The Morgan fingerprint density at radius 1 is 0.871 bits per heavy atom. The first-order valence-corrected chi connectivity index (χ1v) is 11.3. The van der Waals surface area contributed by atoms with Gasteiger partial charge >= 0.3 is 10.2 Å². The average Bonchev–Trinajstić information content (AvgIpc) is 3.05. The van der Waals surface area contributed by atoms with Crippen molar-refractivity contribution < 1.29 is 22.7 Å². The number of carbonyl (C=O) groups is 1. The number of hydrogen-bond donors (Lipinski definition) is 1. The van der Waals surface area contributed by atoms with Crippen molar-refractivity contribution in [1.82, 2.24) is 4.72 Å². The average molecular weight is 439 g/mol. The normalized spacial score (nSPS) is 14.8. The summed E-state index contributed by atoms with van der Waals surface area (Å²) >= 11 is 0. The highest BCUT2D eigenvalue weighted by Gasteiger charge is 2.35. The van der Waals surface area contributed by atoms with Gasteiger partial charge in [0, 0.05) is 12.5 Å². The topological polar surface area (TPSA) is 84.9 Å². The van der Waals surface area contributed by atoms with Crippen molar-refractivity contribution in [3.63, 3.8) is 0 Å². The Balaban J connectivity index is 1.54. The van der Waals surface area contributed by atoms with Crippen molar-refractivity contribution in [2.24, 2.45) is 0 Å². The summed E-state index contributed by atoms with van der Waals surface area (Å²) in [7, 11) is -3.95. The molecule has 0 spiro atoms. The van der Waals surface area contributed by atoms with E-state index in [9.17, 15) is 13.2 Å². The van der Waals surface area contributed by atoms with E-state index < -0.39 is 16.1 Å². The molecule has 0 radical (unpaired) electrons. The molecule has 160 valence electrons. The van der Waals surface area contributed by atoms with Crippen LogP contribution in [0.25, 0.3) is 0 Å². The van der Waals surface area contributed by atoms with E-state index in [4.69, 9.17) is 9.47 Å². The van der Waals surface area contributed by atoms with Crippen LogP contribution < -0.4 is 18.5 Å². The Morgan fingerprint density at radius 2 is 1.55 bits per heavy atom. The molecule has 1 aliphatic heterocycles. The monoisotopic (exact) mass is 438 g/mol. The maximum Gasteiger partial charge on any atom is 0.326 e. The first-order chi connectivity index (χ1) is 15.0. The number of benzene rings is 3. The molecule has 7 nitrogen and oxygen atoms in total. The van der Waals surface area contributed by atoms with Gasteiger partial charge in [-0.2, -0.15) is 8.42 Å². The second-order valence-corrected chi connectivity index (χ2v) is 8.62. The van der Waals surface area contributed by atoms with Gasteiger partial charge in [-0.25, -0.2) is 9.03 Å². The summed E-state index contributed by atoms with van der Waals surface area (Å²) in [5, 5.41) is 0. The molecule has 8 heteroatoms. The Kier molecular flexibility index (Phi) is 6.08. The maximum atomic E-state index is 12.3. The van der Waals surface area contributed by atoms with E-state index in [1.807, 2.05) is 65.4 Å². The molecule has 0 bridgehead atoms. The molecule has 3 aromatic rings. The van der Waals surface area contributed by atoms with Crippen LogP contribution in [0.15, 0.2) is 78.9 Å². The number of carbonyl (C=O) groups excluding carboxylic acids is 1. The van der Waals surface area contributed by atoms with Gasteiger partial charge in [0.25, 0.3) is 5.91 Å². The summed E-state index contributed by atoms with van der Waals surface area (Å²) in [5.74, 6) is 0.289. The molecule has 1 aliphatic rings. The third kappa shape index (κ3) is 5.16. The Bertz CT molecular complexity index is 1150. The van der Waals surface area contributed by atoms with Gasteiger partial charge in [-0.15, -0.1) is 0 Å². The standard InChI is InChI=1S/C23H22N2O5S/c26-23-16-25(31(27,28)24-23)21-12-11-20(29-14-13-18-7-3-1-4-8-18)15-22(21)30-17-19-9-5-2-6-10-19/h1-12,15H,13-14,16-17H2,(H,24,26). The summed E-state index contributed by atoms with van der Waals surface area (Å²) in [6, 6.07) is 24.4. The van der Waals surface area contributed by atoms with E-state index in [-0.39, 0.29) is 18.8 Å². The van der Waals surface area contributed by atoms with Crippen molar-refractivity contribution in [3.8, 4) is 11.5 Å². The van der Waals surface area contributed by atoms with E-state index >= 15 is 0 Å². The van der Waals surface area contributed by atoms with E-state index in [0.29, 0.717) is 18.1 Å². The van der Waals surface area contributed by atoms with Crippen LogP contribution in [0.3, 0.4) is 0 Å². The highest BCUT2D eigenvalue weighted by atomic mass is 32.2. The Hall–Kier alpha value is -3.52. The lowest BCUT2D eigenvalue weighted by molar-refractivity contribution is -0.117. The van der Waals surface area contributed by atoms with Crippen LogP contribution in [0.2, 0.25) is 0 Å². The first-order valence-electron chi connectivity index (χ1n) is 9.82. The minimum Gasteiger partial charge on any atom is -0.493 e. The minimum atomic E-state index is -3.95. The van der Waals surface area contributed by atoms with Gasteiger partial charge in [-0.1, -0.05) is 60.7 Å². The van der Waals surface area contributed by atoms with Gasteiger partial charge in [0.15, 0.2) is 0 Å². The summed E-state index contributed by atoms with van der Waals surface area (Å²) in [5.41, 5.74) is 2.37. The minimum absolute atomic E-state index is 0.247. The molecule has 0 unspecified atom stereocenters. The van der Waals surface area contributed by atoms with Gasteiger partial charge in [-0.3, -0.25) is 4.79 Å². The first kappa shape index (κ1) is 20.7. The molecule has 4 rings (SSSR count). The van der Waals surface area contributed by atoms with Crippen LogP contribution >= 0.6 is 0 Å². The fourth-order valence-electron chi connectivity index (χ4n) is 3.23. The van der Waals surface area contributed by atoms with Crippen LogP contribution in [0.1, 0.15) is 11.1 Å². The maximum absolute atomic E-state index is 12.3. The fourth-order valence-corrected chi connectivity index (χ4v) is 4.39. The Morgan fingerprint density at radius 3 is 2.19 bits per heavy atom. The highest BCUT2D eigenvalue weighted by Crippen LogP contribution is 2.35. The molecule has 3 aromatic carbocycles. The van der Waals surface area contributed by atoms with E-state index in [0.717, 1.165) is 21.9 Å². The highest BCUT2D eigenvalue weighted by molar-refractivity contribution is 7.92. The lowest BCUT2D eigenvalue weighted by Crippen LogP contribution is -2.29. The SMILES string of the molecule is O=C1CN(c2ccc(OCCc3ccccc3)cc2OCc2ccccc2)S(=O)(=O)N1. The molecule has 31 heavy (non-hydrogen) atoms. The van der Waals surface area contributed by atoms with Crippen molar-refractivity contribution in [2.45, 2.75) is 13.0 Å². The quantitative estimate of drug-likeness (QED) is 0.584. The predicted molar refractivity (Wildman–Crippen MR) is 117 cm³/mol. The van der Waals surface area contributed by atoms with Gasteiger partial charge in [0.1, 0.15) is 24.7 Å². The lowest BCUT2D eigenvalue weighted by atomic mass is 10.2. The molecule has 1 saturated heterocycles. The second-order valence-electron chi connectivity index (χ2n) is 7.02. The number of nitrogens with one attached hydrogen (secondary N) is 1. The molecule has 1 fully saturated rings. The molecular weight excluding hydrogens is 416 g/mol. The predicted octanol–water partition coefficient (Wildman–Crippen LogP) is 3.07. The summed E-state index contributed by atoms with van der Waals surface area (Å²) < 4.78 is 39.4. The largest absolute Gasteiger partial charge is 0.493 e. The molecule has 0 aromatic heterocycles. The smallest absolute Gasteiger partial charge is 0.326 e. The van der Waals surface area contributed by atoms with Crippen LogP contribution in [0, 0.1) is 0 Å². The van der Waals surface area contributed by atoms with Crippen LogP contribution in [-0.4, -0.2) is 27.5 Å². The van der Waals surface area contributed by atoms with Crippen LogP contribution in [0.5, 0.6) is 11.5 Å². The zero-order valence-corrected chi connectivity index (χ0v) is 17.5. The summed E-state index contributed by atoms with van der Waals surface area (Å²) in [6.07, 6.45) is 0.738. The number of rotatable bonds is 8. The Labute approximate surface area is 181 Å². The molecule has 0 saturated carbocycles. The van der Waals surface area contributed by atoms with Gasteiger partial charge in [0.05, 0.1) is 12.3 Å². The second kappa shape index (κ2) is 9.09. The molecule has 0 atom stereocenters. The number of ether oxygens (including phenoxy) is 2. The lowest BCUT2D eigenvalue weighted by Gasteiger charge is -2.20. The van der Waals surface area contributed by atoms with Crippen LogP contribution in [-0.2, 0) is 28.0 Å². The van der Waals surface area contributed by atoms with Gasteiger partial charge in [0.2, 0.25) is 0 Å². The fraction of sp³-hybridized carbons (Fsp3) is 0.174. The molecule has 1 N–H and O–H groups in total. The number of anilines is 1. The third-order valence-electron chi connectivity index (χ3n) is 4.76. The third-order valence-corrected chi connectivity index (χ3v) is 6.15.